The first-order valence-corrected chi connectivity index (χ1v) is 12.8. The molecule has 1 aromatic carbocycles. The van der Waals surface area contributed by atoms with Gasteiger partial charge in [0.1, 0.15) is 0 Å². The van der Waals surface area contributed by atoms with Crippen LogP contribution in [0.3, 0.4) is 0 Å². The molecule has 1 aromatic rings. The van der Waals surface area contributed by atoms with Gasteiger partial charge in [0.05, 0.1) is 11.3 Å². The lowest BCUT2D eigenvalue weighted by Gasteiger charge is -2.57. The van der Waals surface area contributed by atoms with Crippen LogP contribution in [0.4, 0.5) is 18.9 Å². The third-order valence-corrected chi connectivity index (χ3v) is 10.6. The number of halogens is 3. The number of hydrogen-bond acceptors (Lipinski definition) is 2. The molecule has 6 heteroatoms. The Balaban J connectivity index is 1.27. The van der Waals surface area contributed by atoms with Crippen LogP contribution in [0.1, 0.15) is 64.4 Å². The normalized spacial score (nSPS) is 42.6. The van der Waals surface area contributed by atoms with Gasteiger partial charge in [0.2, 0.25) is 5.91 Å². The minimum absolute atomic E-state index is 0.0869. The highest BCUT2D eigenvalue weighted by atomic mass is 19.4. The van der Waals surface area contributed by atoms with Crippen molar-refractivity contribution in [2.24, 2.45) is 46.3 Å². The highest BCUT2D eigenvalue weighted by molar-refractivity contribution is 5.94. The minimum atomic E-state index is -4.50. The molecule has 3 nitrogen and oxygen atoms in total. The number of anilines is 1. The molecular formula is C28H32F3NO2. The maximum atomic E-state index is 13.5. The average molecular weight is 472 g/mol. The second kappa shape index (κ2) is 7.20. The van der Waals surface area contributed by atoms with Crippen LogP contribution in [0.5, 0.6) is 0 Å². The minimum Gasteiger partial charge on any atom is -0.325 e. The topological polar surface area (TPSA) is 46.2 Å². The van der Waals surface area contributed by atoms with Gasteiger partial charge in [-0.05, 0) is 97.2 Å². The first kappa shape index (κ1) is 22.4. The Kier molecular flexibility index (Phi) is 4.74. The zero-order chi connectivity index (χ0) is 24.0. The Morgan fingerprint density at radius 3 is 2.59 bits per heavy atom. The number of carbonyl (C=O) groups excluding carboxylic acids is 2. The lowest BCUT2D eigenvalue weighted by Crippen LogP contribution is -2.52. The molecule has 4 saturated carbocycles. The summed E-state index contributed by atoms with van der Waals surface area (Å²) in [7, 11) is 0. The van der Waals surface area contributed by atoms with E-state index in [-0.39, 0.29) is 34.1 Å². The van der Waals surface area contributed by atoms with Gasteiger partial charge in [0.15, 0.2) is 5.78 Å². The highest BCUT2D eigenvalue weighted by Gasteiger charge is 2.68. The largest absolute Gasteiger partial charge is 0.418 e. The standard InChI is InChI=1S/C28H32F3NO2/c1-26-12-10-20-24(17-14-16(17)22-13-15(33)9-11-27(20,22)2)19(26)7-8-21(26)25(34)32-23-6-4-3-5-18(23)28(29,30)31/h3-6,13,16-17,19-21,24H,7-12,14H2,1-2H3,(H,32,34)/t16-,17+,19?,20?,21-,24?,26+,27-/m1/s1. The molecule has 6 rings (SSSR count). The van der Waals surface area contributed by atoms with E-state index in [0.29, 0.717) is 36.0 Å². The summed E-state index contributed by atoms with van der Waals surface area (Å²) >= 11 is 0. The summed E-state index contributed by atoms with van der Waals surface area (Å²) in [5.41, 5.74) is 0.361. The molecule has 0 spiro atoms. The summed E-state index contributed by atoms with van der Waals surface area (Å²) in [6.07, 6.45) is 3.83. The van der Waals surface area contributed by atoms with E-state index in [0.717, 1.165) is 44.6 Å². The number of fused-ring (bicyclic) bond motifs is 8. The number of para-hydroxylation sites is 1. The van der Waals surface area contributed by atoms with Gasteiger partial charge in [-0.15, -0.1) is 0 Å². The number of alkyl halides is 3. The number of amides is 1. The Bertz CT molecular complexity index is 1090. The number of benzene rings is 1. The Labute approximate surface area is 198 Å². The smallest absolute Gasteiger partial charge is 0.325 e. The third-order valence-electron chi connectivity index (χ3n) is 10.6. The number of carbonyl (C=O) groups is 2. The third kappa shape index (κ3) is 3.09. The summed E-state index contributed by atoms with van der Waals surface area (Å²) in [5, 5.41) is 2.66. The van der Waals surface area contributed by atoms with Crippen LogP contribution in [0.25, 0.3) is 0 Å². The molecule has 0 heterocycles. The summed E-state index contributed by atoms with van der Waals surface area (Å²) in [4.78, 5) is 25.6. The van der Waals surface area contributed by atoms with Crippen molar-refractivity contribution in [1.29, 1.82) is 0 Å². The molecular weight excluding hydrogens is 439 g/mol. The zero-order valence-corrected chi connectivity index (χ0v) is 19.8. The van der Waals surface area contributed by atoms with E-state index in [9.17, 15) is 22.8 Å². The number of ketones is 1. The number of hydrogen-bond donors (Lipinski definition) is 1. The quantitative estimate of drug-likeness (QED) is 0.525. The van der Waals surface area contributed by atoms with Gasteiger partial charge in [-0.2, -0.15) is 13.2 Å². The van der Waals surface area contributed by atoms with Crippen LogP contribution in [0, 0.1) is 46.3 Å². The SMILES string of the molecule is C[C@]12CCC(=O)C=C1[C@@H]1C[C@@H]1C1C2CC[C@@]2(C)C1CC[C@@H]2C(=O)Nc1ccccc1C(F)(F)F. The summed E-state index contributed by atoms with van der Waals surface area (Å²) in [6, 6.07) is 5.26. The predicted molar refractivity (Wildman–Crippen MR) is 123 cm³/mol. The molecule has 5 aliphatic carbocycles. The molecule has 1 amide bonds. The zero-order valence-electron chi connectivity index (χ0n) is 19.8. The van der Waals surface area contributed by atoms with Gasteiger partial charge in [-0.3, -0.25) is 9.59 Å². The molecule has 0 radical (unpaired) electrons. The van der Waals surface area contributed by atoms with Crippen molar-refractivity contribution < 1.29 is 22.8 Å². The van der Waals surface area contributed by atoms with E-state index in [1.165, 1.54) is 23.8 Å². The van der Waals surface area contributed by atoms with Gasteiger partial charge in [-0.1, -0.05) is 31.6 Å². The van der Waals surface area contributed by atoms with Crippen molar-refractivity contribution in [2.75, 3.05) is 5.32 Å². The first-order chi connectivity index (χ1) is 16.0. The summed E-state index contributed by atoms with van der Waals surface area (Å²) < 4.78 is 40.4. The number of nitrogens with one attached hydrogen (secondary N) is 1. The van der Waals surface area contributed by atoms with Crippen molar-refractivity contribution in [2.45, 2.75) is 65.0 Å². The molecule has 0 aliphatic heterocycles. The maximum Gasteiger partial charge on any atom is 0.418 e. The molecule has 0 aromatic heterocycles. The monoisotopic (exact) mass is 471 g/mol. The van der Waals surface area contributed by atoms with E-state index in [2.05, 4.69) is 19.2 Å². The Morgan fingerprint density at radius 2 is 1.82 bits per heavy atom. The van der Waals surface area contributed by atoms with Crippen molar-refractivity contribution >= 4 is 17.4 Å². The highest BCUT2D eigenvalue weighted by Crippen LogP contribution is 2.74. The molecule has 1 N–H and O–H groups in total. The molecule has 4 fully saturated rings. The van der Waals surface area contributed by atoms with Crippen LogP contribution in [-0.4, -0.2) is 11.7 Å². The molecule has 8 atom stereocenters. The fourth-order valence-corrected chi connectivity index (χ4v) is 8.89. The van der Waals surface area contributed by atoms with Crippen LogP contribution >= 0.6 is 0 Å². The van der Waals surface area contributed by atoms with E-state index in [1.807, 2.05) is 6.08 Å². The lowest BCUT2D eigenvalue weighted by molar-refractivity contribution is -0.137. The Morgan fingerprint density at radius 1 is 1.06 bits per heavy atom. The number of allylic oxidation sites excluding steroid dienone is 1. The fraction of sp³-hybridized carbons (Fsp3) is 0.643. The first-order valence-electron chi connectivity index (χ1n) is 12.8. The van der Waals surface area contributed by atoms with Gasteiger partial charge in [-0.25, -0.2) is 0 Å². The van der Waals surface area contributed by atoms with Crippen LogP contribution in [0.2, 0.25) is 0 Å². The molecule has 0 saturated heterocycles. The maximum absolute atomic E-state index is 13.5. The molecule has 0 bridgehead atoms. The second-order valence-electron chi connectivity index (χ2n) is 12.0. The van der Waals surface area contributed by atoms with Crippen molar-refractivity contribution in [3.05, 3.63) is 41.5 Å². The average Bonchev–Trinajstić information content (AvgIpc) is 3.48. The van der Waals surface area contributed by atoms with Crippen LogP contribution in [-0.2, 0) is 15.8 Å². The molecule has 182 valence electrons. The van der Waals surface area contributed by atoms with Gasteiger partial charge < -0.3 is 5.32 Å². The lowest BCUT2D eigenvalue weighted by atomic mass is 9.47. The second-order valence-corrected chi connectivity index (χ2v) is 12.0. The summed E-state index contributed by atoms with van der Waals surface area (Å²) in [5.74, 6) is 2.38. The number of rotatable bonds is 2. The summed E-state index contributed by atoms with van der Waals surface area (Å²) in [6.45, 7) is 4.59. The van der Waals surface area contributed by atoms with Crippen LogP contribution in [0.15, 0.2) is 35.9 Å². The van der Waals surface area contributed by atoms with Gasteiger partial charge in [0, 0.05) is 12.3 Å². The van der Waals surface area contributed by atoms with E-state index >= 15 is 0 Å². The van der Waals surface area contributed by atoms with Gasteiger partial charge >= 0.3 is 6.18 Å². The molecule has 34 heavy (non-hydrogen) atoms. The van der Waals surface area contributed by atoms with Crippen molar-refractivity contribution in [1.82, 2.24) is 0 Å². The van der Waals surface area contributed by atoms with Crippen LogP contribution < -0.4 is 5.32 Å². The van der Waals surface area contributed by atoms with E-state index in [1.54, 1.807) is 0 Å². The Hall–Kier alpha value is -2.11. The van der Waals surface area contributed by atoms with Crippen molar-refractivity contribution in [3.63, 3.8) is 0 Å². The van der Waals surface area contributed by atoms with Gasteiger partial charge in [0.25, 0.3) is 0 Å². The van der Waals surface area contributed by atoms with Crippen molar-refractivity contribution in [3.8, 4) is 0 Å². The molecule has 5 aliphatic rings. The predicted octanol–water partition coefficient (Wildman–Crippen LogP) is 6.65. The van der Waals surface area contributed by atoms with E-state index in [4.69, 9.17) is 0 Å². The molecule has 3 unspecified atom stereocenters. The van der Waals surface area contributed by atoms with E-state index < -0.39 is 11.7 Å². The fourth-order valence-electron chi connectivity index (χ4n) is 8.89.